The Morgan fingerprint density at radius 2 is 1.93 bits per heavy atom. The van der Waals surface area contributed by atoms with E-state index in [4.69, 9.17) is 0 Å². The third-order valence-electron chi connectivity index (χ3n) is 5.97. The Balaban J connectivity index is 1.83. The number of hydrogen-bond acceptors (Lipinski definition) is 3. The van der Waals surface area contributed by atoms with E-state index >= 15 is 4.39 Å². The van der Waals surface area contributed by atoms with Gasteiger partial charge in [-0.2, -0.15) is 0 Å². The van der Waals surface area contributed by atoms with Crippen molar-refractivity contribution in [2.24, 2.45) is 5.92 Å². The SMILES string of the molecule is C=C(CCc1ccc2[nH]c(C(NC)C3CCCCCCC3)nc2c1F)NC. The Hall–Kier alpha value is -1.88. The van der Waals surface area contributed by atoms with E-state index in [1.165, 1.54) is 44.9 Å². The van der Waals surface area contributed by atoms with E-state index in [9.17, 15) is 0 Å². The molecule has 27 heavy (non-hydrogen) atoms. The highest BCUT2D eigenvalue weighted by molar-refractivity contribution is 5.77. The van der Waals surface area contributed by atoms with E-state index in [1.807, 2.05) is 26.2 Å². The maximum absolute atomic E-state index is 15.0. The van der Waals surface area contributed by atoms with Gasteiger partial charge in [0.1, 0.15) is 11.3 Å². The molecule has 0 radical (unpaired) electrons. The fourth-order valence-corrected chi connectivity index (χ4v) is 4.27. The van der Waals surface area contributed by atoms with Gasteiger partial charge in [0.2, 0.25) is 0 Å². The van der Waals surface area contributed by atoms with Gasteiger partial charge in [0.15, 0.2) is 5.82 Å². The van der Waals surface area contributed by atoms with Crippen LogP contribution in [0.5, 0.6) is 0 Å². The molecule has 3 rings (SSSR count). The summed E-state index contributed by atoms with van der Waals surface area (Å²) < 4.78 is 15.0. The van der Waals surface area contributed by atoms with E-state index in [2.05, 4.69) is 27.2 Å². The second kappa shape index (κ2) is 9.36. The molecule has 0 bridgehead atoms. The maximum atomic E-state index is 15.0. The molecule has 148 valence electrons. The summed E-state index contributed by atoms with van der Waals surface area (Å²) in [6, 6.07) is 3.98. The van der Waals surface area contributed by atoms with Crippen LogP contribution in [0.3, 0.4) is 0 Å². The number of H-pyrrole nitrogens is 1. The lowest BCUT2D eigenvalue weighted by Crippen LogP contribution is -2.27. The molecule has 3 N–H and O–H groups in total. The van der Waals surface area contributed by atoms with Crippen LogP contribution in [0.4, 0.5) is 4.39 Å². The van der Waals surface area contributed by atoms with Crippen molar-refractivity contribution in [1.29, 1.82) is 0 Å². The molecule has 5 heteroatoms. The molecule has 0 spiro atoms. The standard InChI is InChI=1S/C22H33FN4/c1-15(24-2)11-12-16-13-14-18-21(19(16)23)27-22(26-18)20(25-3)17-9-7-5-4-6-8-10-17/h13-14,17,20,24-25H,1,4-12H2,2-3H3,(H,26,27). The van der Waals surface area contributed by atoms with Crippen LogP contribution < -0.4 is 10.6 Å². The van der Waals surface area contributed by atoms with E-state index in [0.717, 1.165) is 23.5 Å². The Morgan fingerprint density at radius 1 is 1.22 bits per heavy atom. The van der Waals surface area contributed by atoms with Crippen molar-refractivity contribution in [2.45, 2.75) is 63.8 Å². The Bertz CT molecular complexity index is 759. The zero-order valence-electron chi connectivity index (χ0n) is 16.7. The molecule has 2 aromatic rings. The number of aryl methyl sites for hydroxylation is 1. The van der Waals surface area contributed by atoms with Crippen LogP contribution in [0.25, 0.3) is 11.0 Å². The van der Waals surface area contributed by atoms with Crippen LogP contribution in [-0.4, -0.2) is 24.1 Å². The topological polar surface area (TPSA) is 52.7 Å². The van der Waals surface area contributed by atoms with Crippen molar-refractivity contribution < 1.29 is 4.39 Å². The number of rotatable bonds is 7. The molecule has 1 unspecified atom stereocenters. The van der Waals surface area contributed by atoms with Crippen molar-refractivity contribution in [3.8, 4) is 0 Å². The number of halogens is 1. The molecule has 1 atom stereocenters. The van der Waals surface area contributed by atoms with Crippen LogP contribution in [0, 0.1) is 11.7 Å². The summed E-state index contributed by atoms with van der Waals surface area (Å²) in [5.74, 6) is 1.22. The van der Waals surface area contributed by atoms with Gasteiger partial charge in [0.05, 0.1) is 11.6 Å². The second-order valence-electron chi connectivity index (χ2n) is 7.78. The lowest BCUT2D eigenvalue weighted by atomic mass is 9.85. The fourth-order valence-electron chi connectivity index (χ4n) is 4.27. The molecule has 4 nitrogen and oxygen atoms in total. The monoisotopic (exact) mass is 372 g/mol. The van der Waals surface area contributed by atoms with Crippen molar-refractivity contribution in [3.05, 3.63) is 41.6 Å². The van der Waals surface area contributed by atoms with Gasteiger partial charge in [0.25, 0.3) is 0 Å². The number of allylic oxidation sites excluding steroid dienone is 1. The minimum absolute atomic E-state index is 0.155. The van der Waals surface area contributed by atoms with Crippen LogP contribution in [0.1, 0.15) is 68.8 Å². The van der Waals surface area contributed by atoms with Crippen LogP contribution in [0.15, 0.2) is 24.4 Å². The summed E-state index contributed by atoms with van der Waals surface area (Å²) in [7, 11) is 3.83. The predicted molar refractivity (Wildman–Crippen MR) is 110 cm³/mol. The van der Waals surface area contributed by atoms with Crippen molar-refractivity contribution in [1.82, 2.24) is 20.6 Å². The van der Waals surface area contributed by atoms with E-state index in [0.29, 0.717) is 23.4 Å². The molecule has 1 fully saturated rings. The van der Waals surface area contributed by atoms with Gasteiger partial charge in [-0.3, -0.25) is 0 Å². The van der Waals surface area contributed by atoms with E-state index < -0.39 is 0 Å². The van der Waals surface area contributed by atoms with E-state index in [-0.39, 0.29) is 11.9 Å². The minimum Gasteiger partial charge on any atom is -0.392 e. The highest BCUT2D eigenvalue weighted by atomic mass is 19.1. The number of nitrogens with one attached hydrogen (secondary N) is 3. The molecule has 1 saturated carbocycles. The van der Waals surface area contributed by atoms with Crippen molar-refractivity contribution in [2.75, 3.05) is 14.1 Å². The molecule has 1 aliphatic rings. The van der Waals surface area contributed by atoms with Gasteiger partial charge in [-0.25, -0.2) is 9.37 Å². The summed E-state index contributed by atoms with van der Waals surface area (Å²) in [6.45, 7) is 3.92. The predicted octanol–water partition coefficient (Wildman–Crippen LogP) is 4.99. The largest absolute Gasteiger partial charge is 0.392 e. The minimum atomic E-state index is -0.202. The van der Waals surface area contributed by atoms with Crippen LogP contribution >= 0.6 is 0 Å². The van der Waals surface area contributed by atoms with Gasteiger partial charge < -0.3 is 15.6 Å². The number of nitrogens with zero attached hydrogens (tertiary/aromatic N) is 1. The molecule has 0 aliphatic heterocycles. The summed E-state index contributed by atoms with van der Waals surface area (Å²) >= 11 is 0. The average Bonchev–Trinajstić information content (AvgIpc) is 3.07. The molecule has 0 saturated heterocycles. The third kappa shape index (κ3) is 4.70. The van der Waals surface area contributed by atoms with Gasteiger partial charge in [-0.15, -0.1) is 0 Å². The molecule has 1 aliphatic carbocycles. The second-order valence-corrected chi connectivity index (χ2v) is 7.78. The number of fused-ring (bicyclic) bond motifs is 1. The summed E-state index contributed by atoms with van der Waals surface area (Å²) in [6.07, 6.45) is 10.3. The summed E-state index contributed by atoms with van der Waals surface area (Å²) in [4.78, 5) is 8.07. The first-order chi connectivity index (χ1) is 13.1. The highest BCUT2D eigenvalue weighted by Gasteiger charge is 2.25. The van der Waals surface area contributed by atoms with E-state index in [1.54, 1.807) is 0 Å². The van der Waals surface area contributed by atoms with Crippen LogP contribution in [-0.2, 0) is 6.42 Å². The number of hydrogen-bond donors (Lipinski definition) is 3. The number of benzene rings is 1. The quantitative estimate of drug-likeness (QED) is 0.642. The Kier molecular flexibility index (Phi) is 6.89. The molecule has 1 heterocycles. The highest BCUT2D eigenvalue weighted by Crippen LogP contribution is 2.33. The average molecular weight is 373 g/mol. The first-order valence-corrected chi connectivity index (χ1v) is 10.3. The summed E-state index contributed by atoms with van der Waals surface area (Å²) in [5, 5.41) is 6.46. The summed E-state index contributed by atoms with van der Waals surface area (Å²) in [5.41, 5.74) is 2.86. The molecular formula is C22H33FN4. The van der Waals surface area contributed by atoms with Gasteiger partial charge >= 0.3 is 0 Å². The van der Waals surface area contributed by atoms with Gasteiger partial charge in [0, 0.05) is 12.7 Å². The van der Waals surface area contributed by atoms with Gasteiger partial charge in [-0.1, -0.05) is 44.7 Å². The Morgan fingerprint density at radius 3 is 2.59 bits per heavy atom. The zero-order chi connectivity index (χ0) is 19.2. The number of aromatic amines is 1. The Labute approximate surface area is 162 Å². The van der Waals surface area contributed by atoms with Crippen LogP contribution in [0.2, 0.25) is 0 Å². The molecule has 1 aromatic carbocycles. The smallest absolute Gasteiger partial charge is 0.154 e. The third-order valence-corrected chi connectivity index (χ3v) is 5.97. The normalized spacial score (nSPS) is 17.4. The van der Waals surface area contributed by atoms with Crippen molar-refractivity contribution in [3.63, 3.8) is 0 Å². The first kappa shape index (κ1) is 19.9. The first-order valence-electron chi connectivity index (χ1n) is 10.3. The maximum Gasteiger partial charge on any atom is 0.154 e. The molecule has 1 aromatic heterocycles. The molecular weight excluding hydrogens is 339 g/mol. The van der Waals surface area contributed by atoms with Gasteiger partial charge in [-0.05, 0) is 50.3 Å². The lowest BCUT2D eigenvalue weighted by molar-refractivity contribution is 0.292. The number of imidazole rings is 1. The number of aromatic nitrogens is 2. The fraction of sp³-hybridized carbons (Fsp3) is 0.591. The van der Waals surface area contributed by atoms with Crippen molar-refractivity contribution >= 4 is 11.0 Å². The lowest BCUT2D eigenvalue weighted by Gasteiger charge is -2.27. The molecule has 0 amide bonds. The zero-order valence-corrected chi connectivity index (χ0v) is 16.7.